The van der Waals surface area contributed by atoms with Crippen LogP contribution in [-0.4, -0.2) is 5.78 Å². The zero-order chi connectivity index (χ0) is 14.7. The maximum absolute atomic E-state index is 12.5. The minimum Gasteiger partial charge on any atom is -0.289 e. The fourth-order valence-electron chi connectivity index (χ4n) is 2.18. The van der Waals surface area contributed by atoms with Crippen molar-refractivity contribution in [2.45, 2.75) is 33.1 Å². The third-order valence-corrected chi connectivity index (χ3v) is 4.29. The first kappa shape index (κ1) is 14.8. The van der Waals surface area contributed by atoms with Crippen LogP contribution in [0.15, 0.2) is 42.5 Å². The molecule has 2 aromatic rings. The lowest BCUT2D eigenvalue weighted by atomic mass is 9.95. The Hall–Kier alpha value is -1.60. The highest BCUT2D eigenvalue weighted by Gasteiger charge is 2.14. The molecule has 1 unspecified atom stereocenters. The second kappa shape index (κ2) is 6.23. The molecule has 0 fully saturated rings. The third-order valence-electron chi connectivity index (χ3n) is 3.79. The van der Waals surface area contributed by atoms with E-state index >= 15 is 0 Å². The predicted molar refractivity (Wildman–Crippen MR) is 84.8 cm³/mol. The van der Waals surface area contributed by atoms with Gasteiger partial charge in [0.2, 0.25) is 0 Å². The van der Waals surface area contributed by atoms with Crippen LogP contribution in [0.3, 0.4) is 0 Å². The predicted octanol–water partition coefficient (Wildman–Crippen LogP) is 5.39. The van der Waals surface area contributed by atoms with Crippen molar-refractivity contribution in [2.75, 3.05) is 0 Å². The molecule has 1 nitrogen and oxygen atoms in total. The molecule has 0 heterocycles. The van der Waals surface area contributed by atoms with E-state index in [0.717, 1.165) is 12.0 Å². The first-order valence-electron chi connectivity index (χ1n) is 6.94. The average molecular weight is 287 g/mol. The van der Waals surface area contributed by atoms with Gasteiger partial charge in [0.25, 0.3) is 0 Å². The van der Waals surface area contributed by atoms with Gasteiger partial charge in [0.1, 0.15) is 0 Å². The van der Waals surface area contributed by atoms with Crippen LogP contribution >= 0.6 is 11.6 Å². The fraction of sp³-hybridized carbons (Fsp3) is 0.278. The first-order valence-corrected chi connectivity index (χ1v) is 7.32. The van der Waals surface area contributed by atoms with Crippen molar-refractivity contribution in [2.24, 2.45) is 0 Å². The van der Waals surface area contributed by atoms with Crippen LogP contribution < -0.4 is 0 Å². The monoisotopic (exact) mass is 286 g/mol. The molecule has 0 N–H and O–H groups in total. The smallest absolute Gasteiger partial charge is 0.194 e. The minimum atomic E-state index is -0.0191. The molecule has 0 spiro atoms. The minimum absolute atomic E-state index is 0.0191. The lowest BCUT2D eigenvalue weighted by molar-refractivity contribution is 0.103. The summed E-state index contributed by atoms with van der Waals surface area (Å²) in [5.74, 6) is 0.496. The first-order chi connectivity index (χ1) is 9.54. The van der Waals surface area contributed by atoms with Crippen molar-refractivity contribution in [3.8, 4) is 0 Å². The Morgan fingerprint density at radius 1 is 1.15 bits per heavy atom. The number of carbonyl (C=O) groups excluding carboxylic acids is 1. The summed E-state index contributed by atoms with van der Waals surface area (Å²) >= 11 is 6.22. The highest BCUT2D eigenvalue weighted by molar-refractivity contribution is 6.35. The van der Waals surface area contributed by atoms with Gasteiger partial charge < -0.3 is 0 Å². The van der Waals surface area contributed by atoms with Crippen molar-refractivity contribution < 1.29 is 4.79 Å². The Morgan fingerprint density at radius 2 is 1.80 bits per heavy atom. The van der Waals surface area contributed by atoms with Gasteiger partial charge in [0, 0.05) is 11.1 Å². The zero-order valence-electron chi connectivity index (χ0n) is 12.1. The molecule has 0 saturated carbocycles. The fourth-order valence-corrected chi connectivity index (χ4v) is 2.39. The summed E-state index contributed by atoms with van der Waals surface area (Å²) in [5.41, 5.74) is 3.45. The zero-order valence-corrected chi connectivity index (χ0v) is 12.9. The summed E-state index contributed by atoms with van der Waals surface area (Å²) < 4.78 is 0. The highest BCUT2D eigenvalue weighted by Crippen LogP contribution is 2.24. The summed E-state index contributed by atoms with van der Waals surface area (Å²) in [6.45, 7) is 6.26. The van der Waals surface area contributed by atoms with Crippen LogP contribution in [0.2, 0.25) is 5.02 Å². The molecule has 0 aliphatic rings. The summed E-state index contributed by atoms with van der Waals surface area (Å²) in [7, 11) is 0. The van der Waals surface area contributed by atoms with Crippen LogP contribution in [0.25, 0.3) is 0 Å². The molecule has 0 aromatic heterocycles. The van der Waals surface area contributed by atoms with E-state index in [4.69, 9.17) is 11.6 Å². The number of rotatable bonds is 4. The summed E-state index contributed by atoms with van der Waals surface area (Å²) in [5, 5.41) is 0.545. The van der Waals surface area contributed by atoms with Gasteiger partial charge in [-0.05, 0) is 36.5 Å². The maximum atomic E-state index is 12.5. The Labute approximate surface area is 125 Å². The second-order valence-electron chi connectivity index (χ2n) is 5.20. The highest BCUT2D eigenvalue weighted by atomic mass is 35.5. The van der Waals surface area contributed by atoms with Gasteiger partial charge in [0.05, 0.1) is 5.02 Å². The van der Waals surface area contributed by atoms with E-state index in [2.05, 4.69) is 13.8 Å². The molecule has 104 valence electrons. The van der Waals surface area contributed by atoms with Crippen LogP contribution in [-0.2, 0) is 0 Å². The van der Waals surface area contributed by atoms with E-state index < -0.39 is 0 Å². The number of hydrogen-bond acceptors (Lipinski definition) is 1. The number of hydrogen-bond donors (Lipinski definition) is 0. The van der Waals surface area contributed by atoms with Gasteiger partial charge in [-0.25, -0.2) is 0 Å². The van der Waals surface area contributed by atoms with E-state index in [9.17, 15) is 4.79 Å². The van der Waals surface area contributed by atoms with E-state index in [1.807, 2.05) is 43.3 Å². The Morgan fingerprint density at radius 3 is 2.40 bits per heavy atom. The normalized spacial score (nSPS) is 12.2. The van der Waals surface area contributed by atoms with Crippen molar-refractivity contribution >= 4 is 17.4 Å². The molecular weight excluding hydrogens is 268 g/mol. The van der Waals surface area contributed by atoms with Crippen LogP contribution in [0, 0.1) is 6.92 Å². The topological polar surface area (TPSA) is 17.1 Å². The van der Waals surface area contributed by atoms with E-state index in [1.165, 1.54) is 5.56 Å². The molecule has 0 aliphatic heterocycles. The summed E-state index contributed by atoms with van der Waals surface area (Å²) in [6, 6.07) is 13.4. The van der Waals surface area contributed by atoms with Crippen molar-refractivity contribution in [3.05, 3.63) is 69.7 Å². The maximum Gasteiger partial charge on any atom is 0.194 e. The number of halogens is 1. The number of ketones is 1. The molecule has 2 aromatic carbocycles. The Balaban J connectivity index is 2.32. The number of carbonyl (C=O) groups is 1. The Bertz CT molecular complexity index is 614. The van der Waals surface area contributed by atoms with Gasteiger partial charge in [0.15, 0.2) is 5.78 Å². The molecule has 0 aliphatic carbocycles. The van der Waals surface area contributed by atoms with Gasteiger partial charge in [-0.1, -0.05) is 61.8 Å². The van der Waals surface area contributed by atoms with Crippen LogP contribution in [0.1, 0.15) is 53.2 Å². The van der Waals surface area contributed by atoms with Gasteiger partial charge >= 0.3 is 0 Å². The average Bonchev–Trinajstić information content (AvgIpc) is 2.48. The van der Waals surface area contributed by atoms with Crippen LogP contribution in [0.4, 0.5) is 0 Å². The molecule has 2 heteroatoms. The SMILES string of the molecule is CCC(C)c1ccc(C(=O)c2cccc(C)c2Cl)cc1. The summed E-state index contributed by atoms with van der Waals surface area (Å²) in [4.78, 5) is 12.5. The summed E-state index contributed by atoms with van der Waals surface area (Å²) in [6.07, 6.45) is 1.09. The molecule has 0 radical (unpaired) electrons. The molecule has 0 saturated heterocycles. The van der Waals surface area contributed by atoms with Crippen LogP contribution in [0.5, 0.6) is 0 Å². The number of aryl methyl sites for hydroxylation is 1. The lowest BCUT2D eigenvalue weighted by Crippen LogP contribution is -2.03. The number of benzene rings is 2. The lowest BCUT2D eigenvalue weighted by Gasteiger charge is -2.10. The molecule has 0 bridgehead atoms. The van der Waals surface area contributed by atoms with E-state index in [-0.39, 0.29) is 5.78 Å². The van der Waals surface area contributed by atoms with E-state index in [1.54, 1.807) is 6.07 Å². The standard InChI is InChI=1S/C18H19ClO/c1-4-12(2)14-8-10-15(11-9-14)18(20)16-7-5-6-13(3)17(16)19/h5-12H,4H2,1-3H3. The molecule has 0 amide bonds. The third kappa shape index (κ3) is 2.94. The molecule has 2 rings (SSSR count). The van der Waals surface area contributed by atoms with Gasteiger partial charge in [-0.2, -0.15) is 0 Å². The Kier molecular flexibility index (Phi) is 4.61. The van der Waals surface area contributed by atoms with Gasteiger partial charge in [-0.15, -0.1) is 0 Å². The van der Waals surface area contributed by atoms with Crippen molar-refractivity contribution in [1.29, 1.82) is 0 Å². The van der Waals surface area contributed by atoms with Crippen molar-refractivity contribution in [3.63, 3.8) is 0 Å². The quantitative estimate of drug-likeness (QED) is 0.688. The van der Waals surface area contributed by atoms with E-state index in [0.29, 0.717) is 22.1 Å². The second-order valence-corrected chi connectivity index (χ2v) is 5.57. The largest absolute Gasteiger partial charge is 0.289 e. The molecular formula is C18H19ClO. The molecule has 20 heavy (non-hydrogen) atoms. The van der Waals surface area contributed by atoms with Gasteiger partial charge in [-0.3, -0.25) is 4.79 Å². The molecule has 1 atom stereocenters. The van der Waals surface area contributed by atoms with Crippen molar-refractivity contribution in [1.82, 2.24) is 0 Å².